The van der Waals surface area contributed by atoms with E-state index in [9.17, 15) is 9.90 Å². The Morgan fingerprint density at radius 3 is 1.83 bits per heavy atom. The van der Waals surface area contributed by atoms with Gasteiger partial charge in [0.15, 0.2) is 0 Å². The molecule has 2 unspecified atom stereocenters. The highest BCUT2D eigenvalue weighted by molar-refractivity contribution is 6.35. The number of carboxylic acid groups (broad SMARTS) is 1. The first kappa shape index (κ1) is 35.3. The summed E-state index contributed by atoms with van der Waals surface area (Å²) in [7, 11) is 0. The van der Waals surface area contributed by atoms with Crippen molar-refractivity contribution in [1.82, 2.24) is 4.90 Å². The third-order valence-corrected chi connectivity index (χ3v) is 9.06. The first-order chi connectivity index (χ1) is 22.8. The lowest BCUT2D eigenvalue weighted by Crippen LogP contribution is -2.54. The van der Waals surface area contributed by atoms with Gasteiger partial charge in [0.2, 0.25) is 0 Å². The number of nitrogens with zero attached hydrogens (tertiary/aromatic N) is 1. The molecule has 0 radical (unpaired) electrons. The van der Waals surface area contributed by atoms with Crippen LogP contribution in [0.3, 0.4) is 0 Å². The van der Waals surface area contributed by atoms with Crippen LogP contribution in [0.4, 0.5) is 4.79 Å². The van der Waals surface area contributed by atoms with E-state index in [4.69, 9.17) is 65.4 Å². The van der Waals surface area contributed by atoms with Gasteiger partial charge in [-0.3, -0.25) is 0 Å². The number of ether oxygens (including phenoxy) is 4. The van der Waals surface area contributed by atoms with Crippen molar-refractivity contribution < 1.29 is 28.8 Å². The van der Waals surface area contributed by atoms with Crippen LogP contribution in [0.25, 0.3) is 0 Å². The molecule has 2 atom stereocenters. The van der Waals surface area contributed by atoms with Gasteiger partial charge in [0.1, 0.15) is 5.75 Å². The van der Waals surface area contributed by atoms with E-state index < -0.39 is 18.3 Å². The van der Waals surface area contributed by atoms with Gasteiger partial charge in [0.25, 0.3) is 0 Å². The third kappa shape index (κ3) is 10.2. The van der Waals surface area contributed by atoms with E-state index in [2.05, 4.69) is 0 Å². The maximum absolute atomic E-state index is 12.2. The van der Waals surface area contributed by atoms with Crippen LogP contribution >= 0.6 is 46.4 Å². The van der Waals surface area contributed by atoms with Crippen LogP contribution in [-0.2, 0) is 34.0 Å². The summed E-state index contributed by atoms with van der Waals surface area (Å²) < 4.78 is 24.6. The minimum atomic E-state index is -1.06. The van der Waals surface area contributed by atoms with E-state index in [0.717, 1.165) is 34.4 Å². The molecule has 1 heterocycles. The number of halogens is 4. The summed E-state index contributed by atoms with van der Waals surface area (Å²) in [4.78, 5) is 13.5. The average Bonchev–Trinajstić information content (AvgIpc) is 3.06. The van der Waals surface area contributed by atoms with E-state index in [1.807, 2.05) is 54.6 Å². The second-order valence-electron chi connectivity index (χ2n) is 11.2. The van der Waals surface area contributed by atoms with Crippen LogP contribution in [-0.4, -0.2) is 54.6 Å². The minimum absolute atomic E-state index is 0.147. The number of piperidine rings is 1. The summed E-state index contributed by atoms with van der Waals surface area (Å²) in [5.74, 6) is 0.402. The largest absolute Gasteiger partial charge is 0.494 e. The quantitative estimate of drug-likeness (QED) is 0.131. The van der Waals surface area contributed by atoms with Crippen LogP contribution < -0.4 is 4.74 Å². The third-order valence-electron chi connectivity index (χ3n) is 7.89. The summed E-state index contributed by atoms with van der Waals surface area (Å²) in [6.45, 7) is 2.27. The number of rotatable bonds is 14. The molecule has 4 aromatic rings. The minimum Gasteiger partial charge on any atom is -0.494 e. The molecule has 11 heteroatoms. The van der Waals surface area contributed by atoms with Crippen LogP contribution in [0.2, 0.25) is 20.1 Å². The number of hydrogen-bond acceptors (Lipinski definition) is 5. The van der Waals surface area contributed by atoms with E-state index in [1.165, 1.54) is 4.90 Å². The molecule has 47 heavy (non-hydrogen) atoms. The molecule has 1 saturated heterocycles. The lowest BCUT2D eigenvalue weighted by atomic mass is 9.84. The van der Waals surface area contributed by atoms with Crippen molar-refractivity contribution in [3.05, 3.63) is 133 Å². The molecule has 0 saturated carbocycles. The first-order valence-corrected chi connectivity index (χ1v) is 16.7. The lowest BCUT2D eigenvalue weighted by Gasteiger charge is -2.42. The number of amides is 1. The van der Waals surface area contributed by atoms with Gasteiger partial charge < -0.3 is 29.0 Å². The second-order valence-corrected chi connectivity index (χ2v) is 12.9. The molecule has 1 amide bonds. The fraction of sp³-hybridized carbons (Fsp3) is 0.306. The van der Waals surface area contributed by atoms with Crippen molar-refractivity contribution >= 4 is 52.5 Å². The van der Waals surface area contributed by atoms with Gasteiger partial charge in [-0.05, 0) is 58.7 Å². The van der Waals surface area contributed by atoms with Crippen LogP contribution in [0.15, 0.2) is 91.0 Å². The van der Waals surface area contributed by atoms with Crippen molar-refractivity contribution in [2.24, 2.45) is 0 Å². The highest BCUT2D eigenvalue weighted by atomic mass is 35.5. The predicted octanol–water partition coefficient (Wildman–Crippen LogP) is 9.53. The summed E-state index contributed by atoms with van der Waals surface area (Å²) in [6, 6.07) is 28.2. The maximum Gasteiger partial charge on any atom is 0.407 e. The van der Waals surface area contributed by atoms with Gasteiger partial charge in [-0.25, -0.2) is 4.79 Å². The molecule has 1 fully saturated rings. The number of carbonyl (C=O) groups is 1. The molecule has 7 nitrogen and oxygen atoms in total. The Kier molecular flexibility index (Phi) is 13.1. The van der Waals surface area contributed by atoms with Gasteiger partial charge in [-0.2, -0.15) is 0 Å². The van der Waals surface area contributed by atoms with Crippen molar-refractivity contribution in [2.75, 3.05) is 26.3 Å². The fourth-order valence-electron chi connectivity index (χ4n) is 5.45. The molecule has 0 aliphatic carbocycles. The maximum atomic E-state index is 12.2. The normalized spacial score (nSPS) is 17.9. The molecule has 248 valence electrons. The Labute approximate surface area is 294 Å². The highest BCUT2D eigenvalue weighted by Crippen LogP contribution is 2.36. The predicted molar refractivity (Wildman–Crippen MR) is 185 cm³/mol. The van der Waals surface area contributed by atoms with E-state index >= 15 is 0 Å². The summed E-state index contributed by atoms with van der Waals surface area (Å²) >= 11 is 25.0. The fourth-order valence-corrected chi connectivity index (χ4v) is 6.37. The topological polar surface area (TPSA) is 77.5 Å². The molecule has 1 aliphatic heterocycles. The van der Waals surface area contributed by atoms with E-state index in [0.29, 0.717) is 39.9 Å². The Hall–Kier alpha value is -3.01. The molecular formula is C36H35Cl4NO6. The molecular weight excluding hydrogens is 684 g/mol. The molecule has 0 bridgehead atoms. The van der Waals surface area contributed by atoms with Gasteiger partial charge in [-0.1, -0.05) is 101 Å². The molecule has 1 N–H and O–H groups in total. The number of likely N-dealkylation sites (tertiary alicyclic amines) is 1. The zero-order valence-electron chi connectivity index (χ0n) is 25.5. The van der Waals surface area contributed by atoms with Crippen molar-refractivity contribution in [3.63, 3.8) is 0 Å². The first-order valence-electron chi connectivity index (χ1n) is 15.2. The van der Waals surface area contributed by atoms with Crippen LogP contribution in [0, 0.1) is 0 Å². The highest BCUT2D eigenvalue weighted by Gasteiger charge is 2.41. The number of hydrogen-bond donors (Lipinski definition) is 1. The SMILES string of the molecule is O=C(O)N1CC(OCc2ccc(Cl)cc2Cl)C(c2ccc(OCCCOCc3ccccc3)cc2)C(OCc2ccc(Cl)cc2Cl)C1. The lowest BCUT2D eigenvalue weighted by molar-refractivity contribution is -0.0937. The smallest absolute Gasteiger partial charge is 0.407 e. The Balaban J connectivity index is 1.29. The van der Waals surface area contributed by atoms with Crippen LogP contribution in [0.5, 0.6) is 5.75 Å². The van der Waals surface area contributed by atoms with Gasteiger partial charge >= 0.3 is 6.09 Å². The molecule has 1 aliphatic rings. The summed E-state index contributed by atoms with van der Waals surface area (Å²) in [6.07, 6.45) is -1.41. The van der Waals surface area contributed by atoms with E-state index in [1.54, 1.807) is 36.4 Å². The summed E-state index contributed by atoms with van der Waals surface area (Å²) in [5, 5.41) is 12.0. The van der Waals surface area contributed by atoms with Gasteiger partial charge in [-0.15, -0.1) is 0 Å². The van der Waals surface area contributed by atoms with Crippen LogP contribution in [0.1, 0.15) is 34.6 Å². The molecule has 0 aromatic heterocycles. The van der Waals surface area contributed by atoms with Gasteiger partial charge in [0.05, 0.1) is 58.3 Å². The second kappa shape index (κ2) is 17.4. The Bertz CT molecular complexity index is 1540. The van der Waals surface area contributed by atoms with Crippen molar-refractivity contribution in [1.29, 1.82) is 0 Å². The standard InChI is InChI=1S/C36H35Cl4NO6/c37-28-11-7-26(31(39)17-28)22-46-33-19-41(36(42)43)20-34(47-23-27-8-12-29(38)18-32(27)40)35(33)25-9-13-30(14-10-25)45-16-4-15-44-21-24-5-2-1-3-6-24/h1-3,5-14,17-18,33-35H,4,15-16,19-23H2,(H,42,43). The van der Waals surface area contributed by atoms with E-state index in [-0.39, 0.29) is 32.2 Å². The van der Waals surface area contributed by atoms with Gasteiger partial charge in [0, 0.05) is 32.4 Å². The zero-order valence-corrected chi connectivity index (χ0v) is 28.5. The number of benzene rings is 4. The molecule has 0 spiro atoms. The van der Waals surface area contributed by atoms with Crippen molar-refractivity contribution in [2.45, 2.75) is 44.4 Å². The Morgan fingerprint density at radius 1 is 0.723 bits per heavy atom. The zero-order chi connectivity index (χ0) is 33.2. The Morgan fingerprint density at radius 2 is 1.30 bits per heavy atom. The average molecular weight is 719 g/mol. The monoisotopic (exact) mass is 717 g/mol. The molecule has 5 rings (SSSR count). The van der Waals surface area contributed by atoms with Crippen molar-refractivity contribution in [3.8, 4) is 5.75 Å². The summed E-state index contributed by atoms with van der Waals surface area (Å²) in [5.41, 5.74) is 3.54. The molecule has 4 aromatic carbocycles.